The van der Waals surface area contributed by atoms with Crippen LogP contribution in [0.4, 0.5) is 5.69 Å². The van der Waals surface area contributed by atoms with Gasteiger partial charge in [0.2, 0.25) is 0 Å². The van der Waals surface area contributed by atoms with E-state index in [2.05, 4.69) is 5.32 Å². The quantitative estimate of drug-likeness (QED) is 0.742. The topological polar surface area (TPSA) is 64.3 Å². The Morgan fingerprint density at radius 2 is 2.25 bits per heavy atom. The zero-order valence-corrected chi connectivity index (χ0v) is 9.75. The molecule has 88 valence electrons. The van der Waals surface area contributed by atoms with Crippen LogP contribution in [-0.4, -0.2) is 19.1 Å². The zero-order chi connectivity index (χ0) is 12.0. The van der Waals surface area contributed by atoms with Gasteiger partial charge in [0.05, 0.1) is 5.69 Å². The molecule has 0 heterocycles. The molecule has 0 unspecified atom stereocenters. The van der Waals surface area contributed by atoms with E-state index in [1.165, 1.54) is 0 Å². The molecule has 0 atom stereocenters. The second kappa shape index (κ2) is 6.00. The molecule has 0 saturated carbocycles. The molecular formula is C12H18N2O2. The Labute approximate surface area is 95.8 Å². The molecule has 0 spiro atoms. The largest absolute Gasteiger partial charge is 0.482 e. The van der Waals surface area contributed by atoms with Crippen LogP contribution in [0.2, 0.25) is 0 Å². The van der Waals surface area contributed by atoms with Gasteiger partial charge in [-0.15, -0.1) is 0 Å². The lowest BCUT2D eigenvalue weighted by Gasteiger charge is -2.09. The van der Waals surface area contributed by atoms with Gasteiger partial charge in [-0.05, 0) is 31.0 Å². The number of rotatable bonds is 5. The summed E-state index contributed by atoms with van der Waals surface area (Å²) in [5.41, 5.74) is 7.38. The van der Waals surface area contributed by atoms with Crippen molar-refractivity contribution in [2.75, 3.05) is 18.9 Å². The highest BCUT2D eigenvalue weighted by Gasteiger charge is 2.04. The molecule has 0 saturated heterocycles. The van der Waals surface area contributed by atoms with Crippen LogP contribution >= 0.6 is 0 Å². The van der Waals surface area contributed by atoms with Crippen molar-refractivity contribution in [1.82, 2.24) is 5.32 Å². The van der Waals surface area contributed by atoms with Gasteiger partial charge >= 0.3 is 0 Å². The highest BCUT2D eigenvalue weighted by Crippen LogP contribution is 2.21. The molecule has 0 aliphatic heterocycles. The van der Waals surface area contributed by atoms with Gasteiger partial charge in [-0.1, -0.05) is 13.0 Å². The first-order valence-corrected chi connectivity index (χ1v) is 5.39. The minimum Gasteiger partial charge on any atom is -0.482 e. The number of nitrogens with one attached hydrogen (secondary N) is 1. The van der Waals surface area contributed by atoms with Crippen LogP contribution in [0.5, 0.6) is 5.75 Å². The van der Waals surface area contributed by atoms with Crippen molar-refractivity contribution < 1.29 is 9.53 Å². The van der Waals surface area contributed by atoms with Gasteiger partial charge in [0, 0.05) is 6.54 Å². The van der Waals surface area contributed by atoms with E-state index < -0.39 is 0 Å². The van der Waals surface area contributed by atoms with E-state index in [0.29, 0.717) is 18.0 Å². The van der Waals surface area contributed by atoms with Crippen LogP contribution in [0.1, 0.15) is 18.9 Å². The molecule has 0 radical (unpaired) electrons. The second-order valence-electron chi connectivity index (χ2n) is 3.68. The van der Waals surface area contributed by atoms with Gasteiger partial charge in [0.15, 0.2) is 6.61 Å². The van der Waals surface area contributed by atoms with Gasteiger partial charge in [-0.3, -0.25) is 4.79 Å². The van der Waals surface area contributed by atoms with Crippen LogP contribution in [0.15, 0.2) is 18.2 Å². The third-order valence-electron chi connectivity index (χ3n) is 2.10. The Balaban J connectivity index is 2.45. The van der Waals surface area contributed by atoms with Gasteiger partial charge in [-0.2, -0.15) is 0 Å². The maximum absolute atomic E-state index is 11.3. The second-order valence-corrected chi connectivity index (χ2v) is 3.68. The maximum Gasteiger partial charge on any atom is 0.257 e. The minimum absolute atomic E-state index is 0.00720. The third-order valence-corrected chi connectivity index (χ3v) is 2.10. The van der Waals surface area contributed by atoms with E-state index in [-0.39, 0.29) is 12.5 Å². The molecule has 0 aliphatic carbocycles. The lowest BCUT2D eigenvalue weighted by Crippen LogP contribution is -2.29. The SMILES string of the molecule is CCCNC(=O)COc1ccc(C)cc1N. The number of amides is 1. The number of ether oxygens (including phenoxy) is 1. The van der Waals surface area contributed by atoms with E-state index in [0.717, 1.165) is 12.0 Å². The summed E-state index contributed by atoms with van der Waals surface area (Å²) in [7, 11) is 0. The zero-order valence-electron chi connectivity index (χ0n) is 9.75. The van der Waals surface area contributed by atoms with E-state index >= 15 is 0 Å². The first-order valence-electron chi connectivity index (χ1n) is 5.39. The molecule has 4 heteroatoms. The van der Waals surface area contributed by atoms with Gasteiger partial charge in [0.1, 0.15) is 5.75 Å². The van der Waals surface area contributed by atoms with Crippen LogP contribution in [0, 0.1) is 6.92 Å². The van der Waals surface area contributed by atoms with E-state index in [9.17, 15) is 4.79 Å². The Kier molecular flexibility index (Phi) is 4.64. The molecule has 0 fully saturated rings. The van der Waals surface area contributed by atoms with Gasteiger partial charge < -0.3 is 15.8 Å². The molecule has 1 aromatic carbocycles. The molecule has 1 amide bonds. The van der Waals surface area contributed by atoms with E-state index in [1.807, 2.05) is 26.0 Å². The average Bonchev–Trinajstić information content (AvgIpc) is 2.25. The first-order chi connectivity index (χ1) is 7.63. The lowest BCUT2D eigenvalue weighted by molar-refractivity contribution is -0.123. The van der Waals surface area contributed by atoms with Crippen molar-refractivity contribution in [3.63, 3.8) is 0 Å². The number of hydrogen-bond donors (Lipinski definition) is 2. The fourth-order valence-corrected chi connectivity index (χ4v) is 1.26. The number of nitrogen functional groups attached to an aromatic ring is 1. The van der Waals surface area contributed by atoms with Crippen molar-refractivity contribution >= 4 is 11.6 Å². The number of benzene rings is 1. The van der Waals surface area contributed by atoms with E-state index in [1.54, 1.807) is 6.07 Å². The Hall–Kier alpha value is -1.71. The monoisotopic (exact) mass is 222 g/mol. The highest BCUT2D eigenvalue weighted by atomic mass is 16.5. The fourth-order valence-electron chi connectivity index (χ4n) is 1.26. The number of nitrogens with two attached hydrogens (primary N) is 1. The molecule has 16 heavy (non-hydrogen) atoms. The molecule has 1 rings (SSSR count). The summed E-state index contributed by atoms with van der Waals surface area (Å²) >= 11 is 0. The molecular weight excluding hydrogens is 204 g/mol. The standard InChI is InChI=1S/C12H18N2O2/c1-3-6-14-12(15)8-16-11-5-4-9(2)7-10(11)13/h4-5,7H,3,6,8,13H2,1-2H3,(H,14,15). The maximum atomic E-state index is 11.3. The van der Waals surface area contributed by atoms with Gasteiger partial charge in [0.25, 0.3) is 5.91 Å². The average molecular weight is 222 g/mol. The summed E-state index contributed by atoms with van der Waals surface area (Å²) in [6, 6.07) is 5.49. The Morgan fingerprint density at radius 1 is 1.50 bits per heavy atom. The van der Waals surface area contributed by atoms with E-state index in [4.69, 9.17) is 10.5 Å². The smallest absolute Gasteiger partial charge is 0.257 e. The highest BCUT2D eigenvalue weighted by molar-refractivity contribution is 5.77. The lowest BCUT2D eigenvalue weighted by atomic mass is 10.2. The molecule has 0 bridgehead atoms. The Morgan fingerprint density at radius 3 is 2.88 bits per heavy atom. The summed E-state index contributed by atoms with van der Waals surface area (Å²) in [6.45, 7) is 4.63. The molecule has 1 aromatic rings. The van der Waals surface area contributed by atoms with Crippen molar-refractivity contribution in [2.45, 2.75) is 20.3 Å². The normalized spacial score (nSPS) is 9.88. The van der Waals surface area contributed by atoms with Crippen LogP contribution in [-0.2, 0) is 4.79 Å². The summed E-state index contributed by atoms with van der Waals surface area (Å²) in [6.07, 6.45) is 0.915. The Bertz CT molecular complexity index is 364. The predicted octanol–water partition coefficient (Wildman–Crippen LogP) is 1.48. The van der Waals surface area contributed by atoms with Crippen molar-refractivity contribution in [1.29, 1.82) is 0 Å². The number of carbonyl (C=O) groups is 1. The number of carbonyl (C=O) groups excluding carboxylic acids is 1. The van der Waals surface area contributed by atoms with Gasteiger partial charge in [-0.25, -0.2) is 0 Å². The summed E-state index contributed by atoms with van der Waals surface area (Å²) < 4.78 is 5.31. The van der Waals surface area contributed by atoms with Crippen LogP contribution in [0.3, 0.4) is 0 Å². The van der Waals surface area contributed by atoms with Crippen molar-refractivity contribution in [3.05, 3.63) is 23.8 Å². The summed E-state index contributed by atoms with van der Waals surface area (Å²) in [4.78, 5) is 11.3. The minimum atomic E-state index is -0.123. The molecule has 4 nitrogen and oxygen atoms in total. The predicted molar refractivity (Wildman–Crippen MR) is 64.4 cm³/mol. The molecule has 0 aromatic heterocycles. The summed E-state index contributed by atoms with van der Waals surface area (Å²) in [5.74, 6) is 0.430. The van der Waals surface area contributed by atoms with Crippen molar-refractivity contribution in [2.24, 2.45) is 0 Å². The summed E-state index contributed by atoms with van der Waals surface area (Å²) in [5, 5.41) is 2.73. The molecule has 3 N–H and O–H groups in total. The van der Waals surface area contributed by atoms with Crippen LogP contribution in [0.25, 0.3) is 0 Å². The number of hydrogen-bond acceptors (Lipinski definition) is 3. The molecule has 0 aliphatic rings. The fraction of sp³-hybridized carbons (Fsp3) is 0.417. The number of aryl methyl sites for hydroxylation is 1. The number of anilines is 1. The van der Waals surface area contributed by atoms with Crippen molar-refractivity contribution in [3.8, 4) is 5.75 Å². The first kappa shape index (κ1) is 12.4. The third kappa shape index (κ3) is 3.81. The van der Waals surface area contributed by atoms with Crippen LogP contribution < -0.4 is 15.8 Å².